The molecule has 20 heavy (non-hydrogen) atoms. The molecule has 1 aromatic heterocycles. The van der Waals surface area contributed by atoms with Gasteiger partial charge in [0.2, 0.25) is 5.91 Å². The van der Waals surface area contributed by atoms with Crippen LogP contribution in [-0.2, 0) is 4.79 Å². The van der Waals surface area contributed by atoms with Crippen LogP contribution >= 0.6 is 11.8 Å². The standard InChI is InChI=1S/C14H18N4OS/c1-4-15-13-10-7-5-6-8-11(10)16-14(17-13)20-9-12(19)18(2)3/h5-8H,4,9H2,1-3H3,(H,15,16,17). The molecule has 0 fully saturated rings. The Morgan fingerprint density at radius 2 is 2.05 bits per heavy atom. The SMILES string of the molecule is CCNc1nc(SCC(=O)N(C)C)nc2ccccc12. The van der Waals surface area contributed by atoms with E-state index in [0.717, 1.165) is 23.3 Å². The maximum absolute atomic E-state index is 11.6. The van der Waals surface area contributed by atoms with Crippen molar-refractivity contribution in [3.05, 3.63) is 24.3 Å². The molecule has 0 saturated heterocycles. The van der Waals surface area contributed by atoms with E-state index in [-0.39, 0.29) is 5.91 Å². The van der Waals surface area contributed by atoms with Crippen LogP contribution in [0.1, 0.15) is 6.92 Å². The maximum atomic E-state index is 11.6. The van der Waals surface area contributed by atoms with E-state index in [1.807, 2.05) is 31.2 Å². The number of aromatic nitrogens is 2. The third-order valence-electron chi connectivity index (χ3n) is 2.75. The zero-order valence-electron chi connectivity index (χ0n) is 11.9. The highest BCUT2D eigenvalue weighted by atomic mass is 32.2. The number of benzene rings is 1. The second kappa shape index (κ2) is 6.56. The van der Waals surface area contributed by atoms with Crippen LogP contribution in [0.5, 0.6) is 0 Å². The van der Waals surface area contributed by atoms with Crippen LogP contribution in [0.15, 0.2) is 29.4 Å². The van der Waals surface area contributed by atoms with Crippen molar-refractivity contribution < 1.29 is 4.79 Å². The lowest BCUT2D eigenvalue weighted by Gasteiger charge is -2.11. The monoisotopic (exact) mass is 290 g/mol. The molecule has 0 aliphatic carbocycles. The molecule has 0 aliphatic rings. The van der Waals surface area contributed by atoms with E-state index in [1.165, 1.54) is 11.8 Å². The van der Waals surface area contributed by atoms with E-state index in [1.54, 1.807) is 19.0 Å². The van der Waals surface area contributed by atoms with Gasteiger partial charge in [-0.25, -0.2) is 9.97 Å². The van der Waals surface area contributed by atoms with Crippen molar-refractivity contribution in [3.63, 3.8) is 0 Å². The fourth-order valence-electron chi connectivity index (χ4n) is 1.68. The van der Waals surface area contributed by atoms with Gasteiger partial charge < -0.3 is 10.2 Å². The Bertz CT molecular complexity index is 615. The number of hydrogen-bond acceptors (Lipinski definition) is 5. The van der Waals surface area contributed by atoms with Crippen molar-refractivity contribution >= 4 is 34.4 Å². The predicted molar refractivity (Wildman–Crippen MR) is 83.1 cm³/mol. The van der Waals surface area contributed by atoms with Gasteiger partial charge in [0, 0.05) is 26.0 Å². The Hall–Kier alpha value is -1.82. The minimum absolute atomic E-state index is 0.0526. The quantitative estimate of drug-likeness (QED) is 0.676. The zero-order chi connectivity index (χ0) is 14.5. The van der Waals surface area contributed by atoms with Gasteiger partial charge in [-0.3, -0.25) is 4.79 Å². The van der Waals surface area contributed by atoms with Crippen molar-refractivity contribution in [2.24, 2.45) is 0 Å². The normalized spacial score (nSPS) is 10.6. The number of amides is 1. The minimum atomic E-state index is 0.0526. The van der Waals surface area contributed by atoms with Crippen molar-refractivity contribution in [3.8, 4) is 0 Å². The van der Waals surface area contributed by atoms with Crippen molar-refractivity contribution in [1.82, 2.24) is 14.9 Å². The lowest BCUT2D eigenvalue weighted by Crippen LogP contribution is -2.23. The number of nitrogens with zero attached hydrogens (tertiary/aromatic N) is 3. The molecule has 0 radical (unpaired) electrons. The summed E-state index contributed by atoms with van der Waals surface area (Å²) in [6, 6.07) is 7.86. The van der Waals surface area contributed by atoms with Gasteiger partial charge in [0.15, 0.2) is 5.16 Å². The van der Waals surface area contributed by atoms with Crippen LogP contribution in [0.2, 0.25) is 0 Å². The molecule has 0 saturated carbocycles. The smallest absolute Gasteiger partial charge is 0.232 e. The topological polar surface area (TPSA) is 58.1 Å². The van der Waals surface area contributed by atoms with Gasteiger partial charge in [0.25, 0.3) is 0 Å². The average Bonchev–Trinajstić information content (AvgIpc) is 2.45. The van der Waals surface area contributed by atoms with Gasteiger partial charge in [-0.05, 0) is 19.1 Å². The third-order valence-corrected chi connectivity index (χ3v) is 3.58. The highest BCUT2D eigenvalue weighted by Gasteiger charge is 2.10. The number of rotatable bonds is 5. The first-order valence-electron chi connectivity index (χ1n) is 6.45. The Morgan fingerprint density at radius 1 is 1.30 bits per heavy atom. The van der Waals surface area contributed by atoms with Crippen LogP contribution < -0.4 is 5.32 Å². The van der Waals surface area contributed by atoms with Crippen molar-refractivity contribution in [1.29, 1.82) is 0 Å². The van der Waals surface area contributed by atoms with E-state index in [0.29, 0.717) is 10.9 Å². The lowest BCUT2D eigenvalue weighted by molar-refractivity contribution is -0.125. The Morgan fingerprint density at radius 3 is 2.75 bits per heavy atom. The summed E-state index contributed by atoms with van der Waals surface area (Å²) in [5.74, 6) is 1.21. The molecular formula is C14H18N4OS. The number of thioether (sulfide) groups is 1. The summed E-state index contributed by atoms with van der Waals surface area (Å²) < 4.78 is 0. The fraction of sp³-hybridized carbons (Fsp3) is 0.357. The third kappa shape index (κ3) is 3.39. The molecule has 2 rings (SSSR count). The molecule has 1 heterocycles. The van der Waals surface area contributed by atoms with Gasteiger partial charge in [0.1, 0.15) is 5.82 Å². The van der Waals surface area contributed by atoms with E-state index >= 15 is 0 Å². The molecule has 106 valence electrons. The Balaban J connectivity index is 2.27. The van der Waals surface area contributed by atoms with Gasteiger partial charge in [-0.1, -0.05) is 23.9 Å². The van der Waals surface area contributed by atoms with Crippen molar-refractivity contribution in [2.75, 3.05) is 31.7 Å². The molecule has 0 atom stereocenters. The largest absolute Gasteiger partial charge is 0.370 e. The molecule has 0 unspecified atom stereocenters. The van der Waals surface area contributed by atoms with Crippen LogP contribution in [0.4, 0.5) is 5.82 Å². The predicted octanol–water partition coefficient (Wildman–Crippen LogP) is 2.24. The van der Waals surface area contributed by atoms with Crippen LogP contribution in [0.3, 0.4) is 0 Å². The number of para-hydroxylation sites is 1. The lowest BCUT2D eigenvalue weighted by atomic mass is 10.2. The molecule has 6 heteroatoms. The molecule has 2 aromatic rings. The second-order valence-corrected chi connectivity index (χ2v) is 5.42. The van der Waals surface area contributed by atoms with E-state index in [9.17, 15) is 4.79 Å². The molecule has 1 amide bonds. The van der Waals surface area contributed by atoms with E-state index in [2.05, 4.69) is 15.3 Å². The number of fused-ring (bicyclic) bond motifs is 1. The van der Waals surface area contributed by atoms with Crippen LogP contribution in [-0.4, -0.2) is 47.2 Å². The summed E-state index contributed by atoms with van der Waals surface area (Å²) in [6.07, 6.45) is 0. The first-order valence-corrected chi connectivity index (χ1v) is 7.44. The average molecular weight is 290 g/mol. The van der Waals surface area contributed by atoms with E-state index in [4.69, 9.17) is 0 Å². The molecule has 1 aromatic carbocycles. The highest BCUT2D eigenvalue weighted by Crippen LogP contribution is 2.24. The summed E-state index contributed by atoms with van der Waals surface area (Å²) in [7, 11) is 3.49. The molecule has 5 nitrogen and oxygen atoms in total. The number of hydrogen-bond donors (Lipinski definition) is 1. The Kier molecular flexibility index (Phi) is 4.79. The van der Waals surface area contributed by atoms with E-state index < -0.39 is 0 Å². The maximum Gasteiger partial charge on any atom is 0.232 e. The summed E-state index contributed by atoms with van der Waals surface area (Å²) in [4.78, 5) is 22.2. The van der Waals surface area contributed by atoms with Gasteiger partial charge in [0.05, 0.1) is 11.3 Å². The number of anilines is 1. The number of carbonyl (C=O) groups is 1. The minimum Gasteiger partial charge on any atom is -0.370 e. The highest BCUT2D eigenvalue weighted by molar-refractivity contribution is 7.99. The van der Waals surface area contributed by atoms with Crippen molar-refractivity contribution in [2.45, 2.75) is 12.1 Å². The van der Waals surface area contributed by atoms with Crippen LogP contribution in [0.25, 0.3) is 10.9 Å². The van der Waals surface area contributed by atoms with Gasteiger partial charge >= 0.3 is 0 Å². The summed E-state index contributed by atoms with van der Waals surface area (Å²) in [5, 5.41) is 4.86. The van der Waals surface area contributed by atoms with Crippen LogP contribution in [0, 0.1) is 0 Å². The molecule has 1 N–H and O–H groups in total. The van der Waals surface area contributed by atoms with Gasteiger partial charge in [-0.15, -0.1) is 0 Å². The Labute approximate surface area is 122 Å². The summed E-state index contributed by atoms with van der Waals surface area (Å²) in [6.45, 7) is 2.82. The molecule has 0 aliphatic heterocycles. The zero-order valence-corrected chi connectivity index (χ0v) is 12.7. The number of nitrogens with one attached hydrogen (secondary N) is 1. The molecule has 0 bridgehead atoms. The molecule has 0 spiro atoms. The first kappa shape index (κ1) is 14.6. The first-order chi connectivity index (χ1) is 9.61. The summed E-state index contributed by atoms with van der Waals surface area (Å²) >= 11 is 1.36. The van der Waals surface area contributed by atoms with Gasteiger partial charge in [-0.2, -0.15) is 0 Å². The summed E-state index contributed by atoms with van der Waals surface area (Å²) in [5.41, 5.74) is 0.887. The fourth-order valence-corrected chi connectivity index (χ4v) is 2.51. The second-order valence-electron chi connectivity index (χ2n) is 4.48. The molecular weight excluding hydrogens is 272 g/mol. The number of carbonyl (C=O) groups excluding carboxylic acids is 1.